The fourth-order valence-corrected chi connectivity index (χ4v) is 2.72. The number of methoxy groups -OCH3 is 2. The van der Waals surface area contributed by atoms with Gasteiger partial charge in [0.15, 0.2) is 0 Å². The van der Waals surface area contributed by atoms with Gasteiger partial charge in [0.2, 0.25) is 6.10 Å². The van der Waals surface area contributed by atoms with E-state index in [1.165, 1.54) is 7.11 Å². The Hall–Kier alpha value is -2.08. The minimum atomic E-state index is -1.17. The van der Waals surface area contributed by atoms with Crippen LogP contribution in [0.25, 0.3) is 0 Å². The van der Waals surface area contributed by atoms with Crippen molar-refractivity contribution in [1.82, 2.24) is 0 Å². The number of carbonyl (C=O) groups excluding carboxylic acids is 2. The molecule has 2 aliphatic heterocycles. The van der Waals surface area contributed by atoms with Crippen molar-refractivity contribution in [2.24, 2.45) is 0 Å². The molecule has 1 aromatic carbocycles. The summed E-state index contributed by atoms with van der Waals surface area (Å²) < 4.78 is 15.1. The molecule has 0 N–H and O–H groups in total. The van der Waals surface area contributed by atoms with Crippen LogP contribution in [0, 0.1) is 0 Å². The van der Waals surface area contributed by atoms with Crippen molar-refractivity contribution in [1.29, 1.82) is 0 Å². The largest absolute Gasteiger partial charge is 0.497 e. The summed E-state index contributed by atoms with van der Waals surface area (Å²) in [6, 6.07) is 5.55. The zero-order chi connectivity index (χ0) is 14.3. The van der Waals surface area contributed by atoms with Crippen LogP contribution in [0.2, 0.25) is 0 Å². The second kappa shape index (κ2) is 4.79. The number of hydrogen-bond donors (Lipinski definition) is 0. The first-order valence-electron chi connectivity index (χ1n) is 6.35. The zero-order valence-electron chi connectivity index (χ0n) is 11.3. The number of amides is 1. The normalized spacial score (nSPS) is 24.1. The second-order valence-electron chi connectivity index (χ2n) is 4.80. The van der Waals surface area contributed by atoms with E-state index in [-0.39, 0.29) is 11.9 Å². The third kappa shape index (κ3) is 1.84. The van der Waals surface area contributed by atoms with Crippen LogP contribution in [-0.4, -0.2) is 44.8 Å². The van der Waals surface area contributed by atoms with E-state index in [2.05, 4.69) is 4.74 Å². The van der Waals surface area contributed by atoms with Crippen LogP contribution in [0.1, 0.15) is 5.56 Å². The number of fused-ring (bicyclic) bond motifs is 3. The Morgan fingerprint density at radius 1 is 1.40 bits per heavy atom. The fourth-order valence-electron chi connectivity index (χ4n) is 2.72. The summed E-state index contributed by atoms with van der Waals surface area (Å²) in [5.41, 5.74) is 1.84. The summed E-state index contributed by atoms with van der Waals surface area (Å²) >= 11 is 0. The lowest BCUT2D eigenvalue weighted by molar-refractivity contribution is -0.162. The van der Waals surface area contributed by atoms with Crippen LogP contribution >= 0.6 is 0 Å². The number of anilines is 1. The zero-order valence-corrected chi connectivity index (χ0v) is 11.3. The van der Waals surface area contributed by atoms with Gasteiger partial charge < -0.3 is 19.1 Å². The van der Waals surface area contributed by atoms with Gasteiger partial charge in [0.1, 0.15) is 5.75 Å². The molecule has 0 saturated carbocycles. The average molecular weight is 277 g/mol. The molecule has 1 saturated heterocycles. The molecule has 2 unspecified atom stereocenters. The van der Waals surface area contributed by atoms with Crippen molar-refractivity contribution < 1.29 is 23.8 Å². The Morgan fingerprint density at radius 3 is 2.90 bits per heavy atom. The topological polar surface area (TPSA) is 65.1 Å². The molecule has 1 fully saturated rings. The van der Waals surface area contributed by atoms with Gasteiger partial charge in [0, 0.05) is 6.07 Å². The van der Waals surface area contributed by atoms with Gasteiger partial charge in [-0.3, -0.25) is 4.79 Å². The molecule has 106 valence electrons. The van der Waals surface area contributed by atoms with E-state index in [0.717, 1.165) is 17.7 Å². The maximum Gasteiger partial charge on any atom is 0.344 e. The minimum absolute atomic E-state index is 0.0643. The average Bonchev–Trinajstić information content (AvgIpc) is 2.85. The van der Waals surface area contributed by atoms with Gasteiger partial charge >= 0.3 is 5.97 Å². The smallest absolute Gasteiger partial charge is 0.344 e. The number of nitrogens with zero attached hydrogens (tertiary/aromatic N) is 1. The van der Waals surface area contributed by atoms with Crippen LogP contribution in [0.3, 0.4) is 0 Å². The standard InChI is InChI=1S/C14H15NO5/c1-18-10-4-3-8-5-9-7-20-12(14(17)19-2)13(16)15(9)11(8)6-10/h3-4,6,9,12H,5,7H2,1-2H3. The Labute approximate surface area is 116 Å². The van der Waals surface area contributed by atoms with Crippen LogP contribution in [0.15, 0.2) is 18.2 Å². The van der Waals surface area contributed by atoms with Crippen molar-refractivity contribution in [2.75, 3.05) is 25.7 Å². The third-order valence-electron chi connectivity index (χ3n) is 3.70. The molecule has 0 aliphatic carbocycles. The highest BCUT2D eigenvalue weighted by molar-refractivity contribution is 6.10. The predicted octanol–water partition coefficient (Wildman–Crippen LogP) is 0.525. The molecule has 2 aliphatic rings. The van der Waals surface area contributed by atoms with E-state index in [1.807, 2.05) is 18.2 Å². The number of ether oxygens (including phenoxy) is 3. The van der Waals surface area contributed by atoms with E-state index >= 15 is 0 Å². The van der Waals surface area contributed by atoms with Crippen molar-refractivity contribution >= 4 is 17.6 Å². The highest BCUT2D eigenvalue weighted by atomic mass is 16.6. The minimum Gasteiger partial charge on any atom is -0.497 e. The second-order valence-corrected chi connectivity index (χ2v) is 4.80. The maximum atomic E-state index is 12.4. The molecule has 0 aromatic heterocycles. The van der Waals surface area contributed by atoms with Crippen LogP contribution in [0.5, 0.6) is 5.75 Å². The summed E-state index contributed by atoms with van der Waals surface area (Å²) in [6.45, 7) is 0.322. The fraction of sp³-hybridized carbons (Fsp3) is 0.429. The van der Waals surface area contributed by atoms with E-state index in [9.17, 15) is 9.59 Å². The van der Waals surface area contributed by atoms with Gasteiger partial charge in [-0.15, -0.1) is 0 Å². The molecular formula is C14H15NO5. The first-order chi connectivity index (χ1) is 9.65. The lowest BCUT2D eigenvalue weighted by Gasteiger charge is -2.33. The van der Waals surface area contributed by atoms with Crippen LogP contribution in [0.4, 0.5) is 5.69 Å². The number of rotatable bonds is 2. The van der Waals surface area contributed by atoms with Crippen molar-refractivity contribution in [3.63, 3.8) is 0 Å². The van der Waals surface area contributed by atoms with Crippen molar-refractivity contribution in [3.8, 4) is 5.75 Å². The molecular weight excluding hydrogens is 262 g/mol. The van der Waals surface area contributed by atoms with Gasteiger partial charge in [0.25, 0.3) is 5.91 Å². The quantitative estimate of drug-likeness (QED) is 0.582. The van der Waals surface area contributed by atoms with E-state index in [1.54, 1.807) is 12.0 Å². The molecule has 1 aromatic rings. The summed E-state index contributed by atoms with van der Waals surface area (Å²) in [5.74, 6) is -0.358. The molecule has 0 bridgehead atoms. The molecule has 6 heteroatoms. The Kier molecular flexibility index (Phi) is 3.10. The van der Waals surface area contributed by atoms with Crippen molar-refractivity contribution in [2.45, 2.75) is 18.6 Å². The Morgan fingerprint density at radius 2 is 2.20 bits per heavy atom. The van der Waals surface area contributed by atoms with Gasteiger partial charge in [0.05, 0.1) is 32.6 Å². The van der Waals surface area contributed by atoms with E-state index in [0.29, 0.717) is 12.4 Å². The van der Waals surface area contributed by atoms with E-state index < -0.39 is 12.1 Å². The summed E-state index contributed by atoms with van der Waals surface area (Å²) in [5, 5.41) is 0. The number of benzene rings is 1. The Balaban J connectivity index is 1.96. The van der Waals surface area contributed by atoms with Gasteiger partial charge in [-0.2, -0.15) is 0 Å². The number of esters is 1. The number of morpholine rings is 1. The molecule has 0 spiro atoms. The molecule has 2 heterocycles. The van der Waals surface area contributed by atoms with Gasteiger partial charge in [-0.1, -0.05) is 6.07 Å². The highest BCUT2D eigenvalue weighted by Crippen LogP contribution is 2.37. The molecule has 2 atom stereocenters. The highest BCUT2D eigenvalue weighted by Gasteiger charge is 2.45. The number of carbonyl (C=O) groups is 2. The predicted molar refractivity (Wildman–Crippen MR) is 69.7 cm³/mol. The monoisotopic (exact) mass is 277 g/mol. The van der Waals surface area contributed by atoms with Crippen LogP contribution < -0.4 is 9.64 Å². The molecule has 20 heavy (non-hydrogen) atoms. The Bertz CT molecular complexity index is 571. The molecule has 0 radical (unpaired) electrons. The molecule has 6 nitrogen and oxygen atoms in total. The number of hydrogen-bond acceptors (Lipinski definition) is 5. The van der Waals surface area contributed by atoms with Crippen LogP contribution in [-0.2, 0) is 25.5 Å². The summed E-state index contributed by atoms with van der Waals surface area (Å²) in [7, 11) is 2.82. The van der Waals surface area contributed by atoms with Gasteiger partial charge in [-0.05, 0) is 18.1 Å². The third-order valence-corrected chi connectivity index (χ3v) is 3.70. The lowest BCUT2D eigenvalue weighted by Crippen LogP contribution is -2.55. The molecule has 3 rings (SSSR count). The SMILES string of the molecule is COC(=O)C1OCC2Cc3ccc(OC)cc3N2C1=O. The molecule has 1 amide bonds. The first-order valence-corrected chi connectivity index (χ1v) is 6.35. The van der Waals surface area contributed by atoms with Gasteiger partial charge in [-0.25, -0.2) is 4.79 Å². The summed E-state index contributed by atoms with van der Waals surface area (Å²) in [4.78, 5) is 25.6. The van der Waals surface area contributed by atoms with Crippen molar-refractivity contribution in [3.05, 3.63) is 23.8 Å². The first kappa shape index (κ1) is 12.9. The van der Waals surface area contributed by atoms with E-state index in [4.69, 9.17) is 9.47 Å². The lowest BCUT2D eigenvalue weighted by atomic mass is 10.1. The maximum absolute atomic E-state index is 12.4. The summed E-state index contributed by atoms with van der Waals surface area (Å²) in [6.07, 6.45) is -0.452.